The van der Waals surface area contributed by atoms with Gasteiger partial charge < -0.3 is 14.7 Å². The Labute approximate surface area is 120 Å². The van der Waals surface area contributed by atoms with E-state index in [1.165, 1.54) is 0 Å². The second kappa shape index (κ2) is 6.88. The van der Waals surface area contributed by atoms with Crippen molar-refractivity contribution in [3.63, 3.8) is 0 Å². The topological polar surface area (TPSA) is 58.4 Å². The number of nitrogens with zero attached hydrogens (tertiary/aromatic N) is 2. The molecule has 0 bridgehead atoms. The predicted octanol–water partition coefficient (Wildman–Crippen LogP) is 1.55. The van der Waals surface area contributed by atoms with Crippen molar-refractivity contribution >= 4 is 5.91 Å². The molecule has 5 nitrogen and oxygen atoms in total. The van der Waals surface area contributed by atoms with E-state index in [1.807, 2.05) is 25.8 Å². The Balaban J connectivity index is 2.05. The summed E-state index contributed by atoms with van der Waals surface area (Å²) in [7, 11) is 1.96. The third-order valence-corrected chi connectivity index (χ3v) is 4.12. The van der Waals surface area contributed by atoms with Gasteiger partial charge in [0.2, 0.25) is 5.91 Å². The fourth-order valence-electron chi connectivity index (χ4n) is 2.84. The minimum absolute atomic E-state index is 0.192. The molecule has 0 radical (unpaired) electrons. The summed E-state index contributed by atoms with van der Waals surface area (Å²) in [6.07, 6.45) is 4.24. The summed E-state index contributed by atoms with van der Waals surface area (Å²) < 4.78 is 5.33. The third-order valence-electron chi connectivity index (χ3n) is 4.12. The number of amides is 1. The van der Waals surface area contributed by atoms with Crippen molar-refractivity contribution < 1.29 is 9.32 Å². The van der Waals surface area contributed by atoms with Crippen LogP contribution in [0.1, 0.15) is 43.7 Å². The van der Waals surface area contributed by atoms with Crippen LogP contribution in [-0.4, -0.2) is 42.1 Å². The van der Waals surface area contributed by atoms with Gasteiger partial charge in [-0.05, 0) is 26.3 Å². The number of nitrogens with one attached hydrogen (secondary N) is 1. The first-order chi connectivity index (χ1) is 9.69. The highest BCUT2D eigenvalue weighted by Gasteiger charge is 2.25. The first kappa shape index (κ1) is 15.0. The van der Waals surface area contributed by atoms with E-state index >= 15 is 0 Å². The van der Waals surface area contributed by atoms with Gasteiger partial charge in [0.25, 0.3) is 0 Å². The summed E-state index contributed by atoms with van der Waals surface area (Å²) in [4.78, 5) is 14.5. The summed E-state index contributed by atoms with van der Waals surface area (Å²) in [6.45, 7) is 5.75. The van der Waals surface area contributed by atoms with Gasteiger partial charge in [0.15, 0.2) is 0 Å². The van der Waals surface area contributed by atoms with Gasteiger partial charge in [-0.3, -0.25) is 4.79 Å². The quantitative estimate of drug-likeness (QED) is 0.888. The molecule has 1 N–H and O–H groups in total. The first-order valence-electron chi connectivity index (χ1n) is 7.60. The van der Waals surface area contributed by atoms with Gasteiger partial charge in [0, 0.05) is 31.1 Å². The number of likely N-dealkylation sites (tertiary alicyclic amines) is 1. The standard InChI is InChI=1S/C15H25N3O2/c1-4-13-12(14(5-2)20-17-13)9-15(19)18-8-6-7-11(10-18)16-3/h11,16H,4-10H2,1-3H3. The lowest BCUT2D eigenvalue weighted by Gasteiger charge is -2.32. The Kier molecular flexibility index (Phi) is 5.17. The molecule has 1 aliphatic heterocycles. The van der Waals surface area contributed by atoms with Crippen LogP contribution in [0.3, 0.4) is 0 Å². The van der Waals surface area contributed by atoms with Gasteiger partial charge in [-0.25, -0.2) is 0 Å². The lowest BCUT2D eigenvalue weighted by molar-refractivity contribution is -0.131. The number of rotatable bonds is 5. The molecular weight excluding hydrogens is 254 g/mol. The lowest BCUT2D eigenvalue weighted by Crippen LogP contribution is -2.47. The molecule has 1 aromatic heterocycles. The molecule has 1 amide bonds. The lowest BCUT2D eigenvalue weighted by atomic mass is 10.0. The molecule has 0 aromatic carbocycles. The number of carbonyl (C=O) groups is 1. The molecule has 1 aliphatic rings. The van der Waals surface area contributed by atoms with Gasteiger partial charge in [0.1, 0.15) is 5.76 Å². The Morgan fingerprint density at radius 2 is 2.25 bits per heavy atom. The van der Waals surface area contributed by atoms with Crippen LogP contribution in [0, 0.1) is 0 Å². The van der Waals surface area contributed by atoms with Crippen molar-refractivity contribution in [2.45, 2.75) is 52.0 Å². The zero-order valence-corrected chi connectivity index (χ0v) is 12.7. The van der Waals surface area contributed by atoms with Crippen LogP contribution in [-0.2, 0) is 24.1 Å². The normalized spacial score (nSPS) is 19.4. The summed E-state index contributed by atoms with van der Waals surface area (Å²) in [5, 5.41) is 7.34. The van der Waals surface area contributed by atoms with Crippen LogP contribution in [0.15, 0.2) is 4.52 Å². The van der Waals surface area contributed by atoms with E-state index in [0.29, 0.717) is 12.5 Å². The molecule has 1 saturated heterocycles. The monoisotopic (exact) mass is 279 g/mol. The van der Waals surface area contributed by atoms with Gasteiger partial charge in [-0.1, -0.05) is 19.0 Å². The molecule has 1 fully saturated rings. The van der Waals surface area contributed by atoms with Crippen molar-refractivity contribution in [1.82, 2.24) is 15.4 Å². The third kappa shape index (κ3) is 3.20. The Bertz CT molecular complexity index is 434. The molecule has 1 unspecified atom stereocenters. The number of piperidine rings is 1. The highest BCUT2D eigenvalue weighted by atomic mass is 16.5. The maximum absolute atomic E-state index is 12.5. The van der Waals surface area contributed by atoms with Crippen molar-refractivity contribution in [3.05, 3.63) is 17.0 Å². The Hall–Kier alpha value is -1.36. The Morgan fingerprint density at radius 1 is 1.45 bits per heavy atom. The number of hydrogen-bond donors (Lipinski definition) is 1. The first-order valence-corrected chi connectivity index (χ1v) is 7.60. The average molecular weight is 279 g/mol. The second-order valence-corrected chi connectivity index (χ2v) is 5.38. The number of hydrogen-bond acceptors (Lipinski definition) is 4. The molecule has 20 heavy (non-hydrogen) atoms. The maximum Gasteiger partial charge on any atom is 0.227 e. The smallest absolute Gasteiger partial charge is 0.227 e. The van der Waals surface area contributed by atoms with Gasteiger partial charge in [-0.15, -0.1) is 0 Å². The summed E-state index contributed by atoms with van der Waals surface area (Å²) in [5.41, 5.74) is 1.93. The van der Waals surface area contributed by atoms with Crippen molar-refractivity contribution in [2.24, 2.45) is 0 Å². The number of carbonyl (C=O) groups excluding carboxylic acids is 1. The van der Waals surface area contributed by atoms with E-state index in [-0.39, 0.29) is 5.91 Å². The molecule has 1 atom stereocenters. The van der Waals surface area contributed by atoms with E-state index in [9.17, 15) is 4.79 Å². The van der Waals surface area contributed by atoms with E-state index in [0.717, 1.165) is 55.8 Å². The number of likely N-dealkylation sites (N-methyl/N-ethyl adjacent to an activating group) is 1. The molecule has 2 heterocycles. The fraction of sp³-hybridized carbons (Fsp3) is 0.733. The van der Waals surface area contributed by atoms with Crippen LogP contribution in [0.2, 0.25) is 0 Å². The zero-order chi connectivity index (χ0) is 14.5. The van der Waals surface area contributed by atoms with E-state index in [2.05, 4.69) is 10.5 Å². The molecule has 112 valence electrons. The molecule has 2 rings (SSSR count). The predicted molar refractivity (Wildman–Crippen MR) is 77.6 cm³/mol. The number of aryl methyl sites for hydroxylation is 2. The van der Waals surface area contributed by atoms with Crippen LogP contribution in [0.4, 0.5) is 0 Å². The van der Waals surface area contributed by atoms with Gasteiger partial charge >= 0.3 is 0 Å². The molecule has 1 aromatic rings. The van der Waals surface area contributed by atoms with Crippen LogP contribution < -0.4 is 5.32 Å². The molecule has 5 heteroatoms. The fourth-order valence-corrected chi connectivity index (χ4v) is 2.84. The van der Waals surface area contributed by atoms with E-state index in [4.69, 9.17) is 4.52 Å². The van der Waals surface area contributed by atoms with Gasteiger partial charge in [-0.2, -0.15) is 0 Å². The number of aromatic nitrogens is 1. The van der Waals surface area contributed by atoms with Crippen molar-refractivity contribution in [1.29, 1.82) is 0 Å². The van der Waals surface area contributed by atoms with Crippen LogP contribution in [0.5, 0.6) is 0 Å². The average Bonchev–Trinajstić information content (AvgIpc) is 2.89. The summed E-state index contributed by atoms with van der Waals surface area (Å²) >= 11 is 0. The SMILES string of the molecule is CCc1noc(CC)c1CC(=O)N1CCCC(NC)C1. The van der Waals surface area contributed by atoms with E-state index < -0.39 is 0 Å². The van der Waals surface area contributed by atoms with Crippen molar-refractivity contribution in [3.8, 4) is 0 Å². The molecule has 0 saturated carbocycles. The maximum atomic E-state index is 12.5. The van der Waals surface area contributed by atoms with Crippen LogP contribution in [0.25, 0.3) is 0 Å². The summed E-state index contributed by atoms with van der Waals surface area (Å²) in [5.74, 6) is 1.05. The zero-order valence-electron chi connectivity index (χ0n) is 12.7. The van der Waals surface area contributed by atoms with Crippen molar-refractivity contribution in [2.75, 3.05) is 20.1 Å². The largest absolute Gasteiger partial charge is 0.361 e. The minimum Gasteiger partial charge on any atom is -0.361 e. The van der Waals surface area contributed by atoms with E-state index in [1.54, 1.807) is 0 Å². The molecule has 0 spiro atoms. The summed E-state index contributed by atoms with van der Waals surface area (Å²) in [6, 6.07) is 0.423. The second-order valence-electron chi connectivity index (χ2n) is 5.38. The highest BCUT2D eigenvalue weighted by molar-refractivity contribution is 5.79. The molecule has 0 aliphatic carbocycles. The van der Waals surface area contributed by atoms with Crippen LogP contribution >= 0.6 is 0 Å². The highest BCUT2D eigenvalue weighted by Crippen LogP contribution is 2.19. The minimum atomic E-state index is 0.192. The van der Waals surface area contributed by atoms with Gasteiger partial charge in [0.05, 0.1) is 12.1 Å². The molecular formula is C15H25N3O2. The Morgan fingerprint density at radius 3 is 2.90 bits per heavy atom.